The zero-order valence-electron chi connectivity index (χ0n) is 11.2. The Balaban J connectivity index is 2.29. The summed E-state index contributed by atoms with van der Waals surface area (Å²) in [6.45, 7) is 3.89. The molecule has 0 radical (unpaired) electrons. The molecular formula is C16H15F3O. The van der Waals surface area contributed by atoms with E-state index in [2.05, 4.69) is 0 Å². The first-order valence-electron chi connectivity index (χ1n) is 6.21. The minimum Gasteiger partial charge on any atom is -0.384 e. The van der Waals surface area contributed by atoms with E-state index in [1.807, 2.05) is 26.0 Å². The summed E-state index contributed by atoms with van der Waals surface area (Å²) in [7, 11) is 0. The molecule has 0 fully saturated rings. The molecule has 0 amide bonds. The van der Waals surface area contributed by atoms with Gasteiger partial charge in [-0.1, -0.05) is 30.3 Å². The van der Waals surface area contributed by atoms with Gasteiger partial charge >= 0.3 is 6.18 Å². The highest BCUT2D eigenvalue weighted by Gasteiger charge is 2.30. The van der Waals surface area contributed by atoms with Crippen LogP contribution in [-0.4, -0.2) is 5.11 Å². The molecule has 2 rings (SSSR count). The van der Waals surface area contributed by atoms with Gasteiger partial charge in [0, 0.05) is 0 Å². The number of hydrogen-bond acceptors (Lipinski definition) is 1. The van der Waals surface area contributed by atoms with Gasteiger partial charge in [0.2, 0.25) is 0 Å². The maximum absolute atomic E-state index is 12.5. The fraction of sp³-hybridized carbons (Fsp3) is 0.250. The van der Waals surface area contributed by atoms with E-state index in [4.69, 9.17) is 0 Å². The molecule has 0 spiro atoms. The van der Waals surface area contributed by atoms with E-state index < -0.39 is 17.8 Å². The van der Waals surface area contributed by atoms with Crippen molar-refractivity contribution in [1.82, 2.24) is 0 Å². The van der Waals surface area contributed by atoms with E-state index in [-0.39, 0.29) is 0 Å². The van der Waals surface area contributed by atoms with Crippen molar-refractivity contribution < 1.29 is 18.3 Å². The van der Waals surface area contributed by atoms with Crippen LogP contribution in [0.3, 0.4) is 0 Å². The van der Waals surface area contributed by atoms with E-state index >= 15 is 0 Å². The molecule has 0 aliphatic heterocycles. The second-order valence-corrected chi connectivity index (χ2v) is 4.87. The molecule has 106 valence electrons. The average Bonchev–Trinajstić information content (AvgIpc) is 2.40. The molecule has 0 aliphatic rings. The van der Waals surface area contributed by atoms with Gasteiger partial charge in [-0.3, -0.25) is 0 Å². The standard InChI is InChI=1S/C16H15F3O/c1-10-3-4-13(9-11(10)2)15(20)12-5-7-14(8-6-12)16(17,18)19/h3-9,15,20H,1-2H3. The number of aliphatic hydroxyl groups is 1. The molecule has 0 bridgehead atoms. The molecule has 0 saturated heterocycles. The van der Waals surface area contributed by atoms with E-state index in [0.29, 0.717) is 11.1 Å². The van der Waals surface area contributed by atoms with Crippen molar-refractivity contribution in [2.45, 2.75) is 26.1 Å². The van der Waals surface area contributed by atoms with Gasteiger partial charge < -0.3 is 5.11 Å². The lowest BCUT2D eigenvalue weighted by atomic mass is 9.97. The zero-order valence-corrected chi connectivity index (χ0v) is 11.2. The molecule has 4 heteroatoms. The Hall–Kier alpha value is -1.81. The first-order chi connectivity index (χ1) is 9.29. The van der Waals surface area contributed by atoms with Gasteiger partial charge in [-0.25, -0.2) is 0 Å². The summed E-state index contributed by atoms with van der Waals surface area (Å²) < 4.78 is 37.4. The summed E-state index contributed by atoms with van der Waals surface area (Å²) in [5.41, 5.74) is 2.55. The molecule has 1 nitrogen and oxygen atoms in total. The topological polar surface area (TPSA) is 20.2 Å². The van der Waals surface area contributed by atoms with Gasteiger partial charge in [-0.15, -0.1) is 0 Å². The molecule has 0 saturated carbocycles. The van der Waals surface area contributed by atoms with Crippen LogP contribution in [0.15, 0.2) is 42.5 Å². The van der Waals surface area contributed by atoms with Crippen molar-refractivity contribution in [3.05, 3.63) is 70.3 Å². The fourth-order valence-electron chi connectivity index (χ4n) is 1.98. The number of aliphatic hydroxyl groups excluding tert-OH is 1. The Morgan fingerprint density at radius 3 is 1.90 bits per heavy atom. The Labute approximate surface area is 115 Å². The molecule has 0 heterocycles. The minimum absolute atomic E-state index is 0.446. The van der Waals surface area contributed by atoms with Crippen LogP contribution in [0.25, 0.3) is 0 Å². The summed E-state index contributed by atoms with van der Waals surface area (Å²) in [6.07, 6.45) is -5.28. The van der Waals surface area contributed by atoms with Crippen LogP contribution >= 0.6 is 0 Å². The van der Waals surface area contributed by atoms with E-state index in [9.17, 15) is 18.3 Å². The SMILES string of the molecule is Cc1ccc(C(O)c2ccc(C(F)(F)F)cc2)cc1C. The highest BCUT2D eigenvalue weighted by molar-refractivity contribution is 5.37. The van der Waals surface area contributed by atoms with Gasteiger partial charge in [0.25, 0.3) is 0 Å². The molecule has 2 aromatic carbocycles. The van der Waals surface area contributed by atoms with Crippen LogP contribution in [0.5, 0.6) is 0 Å². The van der Waals surface area contributed by atoms with Crippen LogP contribution in [0.4, 0.5) is 13.2 Å². The van der Waals surface area contributed by atoms with Crippen molar-refractivity contribution in [2.75, 3.05) is 0 Å². The predicted octanol–water partition coefficient (Wildman–Crippen LogP) is 4.40. The average molecular weight is 280 g/mol. The number of benzene rings is 2. The van der Waals surface area contributed by atoms with Crippen molar-refractivity contribution in [3.8, 4) is 0 Å². The van der Waals surface area contributed by atoms with E-state index in [1.54, 1.807) is 6.07 Å². The fourth-order valence-corrected chi connectivity index (χ4v) is 1.98. The minimum atomic E-state index is -4.36. The van der Waals surface area contributed by atoms with Crippen molar-refractivity contribution in [1.29, 1.82) is 0 Å². The van der Waals surface area contributed by atoms with Crippen molar-refractivity contribution in [2.24, 2.45) is 0 Å². The van der Waals surface area contributed by atoms with Crippen LogP contribution in [0, 0.1) is 13.8 Å². The summed E-state index contributed by atoms with van der Waals surface area (Å²) in [5.74, 6) is 0. The number of rotatable bonds is 2. The number of hydrogen-bond donors (Lipinski definition) is 1. The maximum Gasteiger partial charge on any atom is 0.416 e. The summed E-state index contributed by atoms with van der Waals surface area (Å²) in [6, 6.07) is 10.1. The lowest BCUT2D eigenvalue weighted by molar-refractivity contribution is -0.137. The van der Waals surface area contributed by atoms with E-state index in [1.165, 1.54) is 12.1 Å². The third-order valence-corrected chi connectivity index (χ3v) is 3.40. The molecule has 0 aliphatic carbocycles. The smallest absolute Gasteiger partial charge is 0.384 e. The Morgan fingerprint density at radius 1 is 0.850 bits per heavy atom. The van der Waals surface area contributed by atoms with Gasteiger partial charge in [0.15, 0.2) is 0 Å². The Morgan fingerprint density at radius 2 is 1.40 bits per heavy atom. The second-order valence-electron chi connectivity index (χ2n) is 4.87. The van der Waals surface area contributed by atoms with Crippen LogP contribution in [-0.2, 0) is 6.18 Å². The second kappa shape index (κ2) is 5.29. The quantitative estimate of drug-likeness (QED) is 0.864. The highest BCUT2D eigenvalue weighted by Crippen LogP contribution is 2.31. The zero-order chi connectivity index (χ0) is 14.9. The maximum atomic E-state index is 12.5. The molecule has 1 atom stereocenters. The van der Waals surface area contributed by atoms with E-state index in [0.717, 1.165) is 23.3 Å². The molecular weight excluding hydrogens is 265 g/mol. The van der Waals surface area contributed by atoms with Crippen LogP contribution in [0.1, 0.15) is 33.9 Å². The summed E-state index contributed by atoms with van der Waals surface area (Å²) in [5, 5.41) is 10.2. The number of halogens is 3. The Kier molecular flexibility index (Phi) is 3.86. The normalized spacial score (nSPS) is 13.3. The molecule has 1 unspecified atom stereocenters. The lowest BCUT2D eigenvalue weighted by Crippen LogP contribution is -2.06. The molecule has 0 aromatic heterocycles. The van der Waals surface area contributed by atoms with Gasteiger partial charge in [-0.2, -0.15) is 13.2 Å². The molecule has 20 heavy (non-hydrogen) atoms. The molecule has 1 N–H and O–H groups in total. The van der Waals surface area contributed by atoms with Gasteiger partial charge in [-0.05, 0) is 48.2 Å². The first-order valence-corrected chi connectivity index (χ1v) is 6.21. The number of alkyl halides is 3. The Bertz CT molecular complexity index is 600. The summed E-state index contributed by atoms with van der Waals surface area (Å²) >= 11 is 0. The molecule has 2 aromatic rings. The monoisotopic (exact) mass is 280 g/mol. The van der Waals surface area contributed by atoms with Crippen molar-refractivity contribution in [3.63, 3.8) is 0 Å². The van der Waals surface area contributed by atoms with Gasteiger partial charge in [0.05, 0.1) is 5.56 Å². The third-order valence-electron chi connectivity index (χ3n) is 3.40. The largest absolute Gasteiger partial charge is 0.416 e. The van der Waals surface area contributed by atoms with Crippen molar-refractivity contribution >= 4 is 0 Å². The highest BCUT2D eigenvalue weighted by atomic mass is 19.4. The first kappa shape index (κ1) is 14.6. The predicted molar refractivity (Wildman–Crippen MR) is 71.4 cm³/mol. The van der Waals surface area contributed by atoms with Crippen LogP contribution in [0.2, 0.25) is 0 Å². The van der Waals surface area contributed by atoms with Crippen LogP contribution < -0.4 is 0 Å². The summed E-state index contributed by atoms with van der Waals surface area (Å²) in [4.78, 5) is 0. The lowest BCUT2D eigenvalue weighted by Gasteiger charge is -2.14. The third kappa shape index (κ3) is 3.02. The van der Waals surface area contributed by atoms with Gasteiger partial charge in [0.1, 0.15) is 6.10 Å². The number of aryl methyl sites for hydroxylation is 2.